The van der Waals surface area contributed by atoms with Crippen molar-refractivity contribution in [2.75, 3.05) is 19.3 Å². The maximum Gasteiger partial charge on any atom is 0.243 e. The van der Waals surface area contributed by atoms with Gasteiger partial charge in [-0.2, -0.15) is 8.61 Å². The average molecular weight is 515 g/mol. The van der Waals surface area contributed by atoms with Gasteiger partial charge in [0.25, 0.3) is 0 Å². The van der Waals surface area contributed by atoms with E-state index in [-0.39, 0.29) is 36.4 Å². The van der Waals surface area contributed by atoms with Crippen molar-refractivity contribution >= 4 is 36.7 Å². The molecule has 1 heterocycles. The first-order chi connectivity index (χ1) is 16.4. The Bertz CT molecular complexity index is 1480. The minimum atomic E-state index is -3.63. The summed E-state index contributed by atoms with van der Waals surface area (Å²) in [5, 5.41) is 9.51. The van der Waals surface area contributed by atoms with Gasteiger partial charge in [0.2, 0.25) is 20.0 Å². The molecule has 0 aromatic heterocycles. The molecule has 1 fully saturated rings. The number of rotatable bonds is 7. The molecule has 3 aromatic rings. The van der Waals surface area contributed by atoms with Crippen LogP contribution in [0.3, 0.4) is 0 Å². The summed E-state index contributed by atoms with van der Waals surface area (Å²) in [6, 6.07) is 17.7. The lowest BCUT2D eigenvalue weighted by Gasteiger charge is -2.36. The van der Waals surface area contributed by atoms with Crippen molar-refractivity contribution in [1.29, 1.82) is 5.41 Å². The van der Waals surface area contributed by atoms with E-state index in [9.17, 15) is 16.8 Å². The van der Waals surface area contributed by atoms with Crippen LogP contribution in [0.25, 0.3) is 10.8 Å². The number of nitrogens with one attached hydrogen (secondary N) is 1. The topological polar surface area (TPSA) is 125 Å². The highest BCUT2D eigenvalue weighted by Crippen LogP contribution is 2.27. The van der Waals surface area contributed by atoms with E-state index in [4.69, 9.17) is 11.1 Å². The average Bonchev–Trinajstić information content (AvgIpc) is 2.81. The van der Waals surface area contributed by atoms with Crippen LogP contribution in [-0.2, 0) is 26.6 Å². The number of piperidine rings is 1. The lowest BCUT2D eigenvalue weighted by atomic mass is 10.0. The van der Waals surface area contributed by atoms with Gasteiger partial charge in [0.05, 0.1) is 11.2 Å². The van der Waals surface area contributed by atoms with Crippen LogP contribution in [0.2, 0.25) is 0 Å². The maximum absolute atomic E-state index is 13.1. The zero-order valence-electron chi connectivity index (χ0n) is 19.8. The lowest BCUT2D eigenvalue weighted by molar-refractivity contribution is 0.213. The second kappa shape index (κ2) is 9.69. The van der Waals surface area contributed by atoms with Crippen LogP contribution in [0.1, 0.15) is 29.5 Å². The molecule has 4 rings (SSSR count). The molecule has 0 bridgehead atoms. The molecule has 0 atom stereocenters. The van der Waals surface area contributed by atoms with Gasteiger partial charge in [-0.05, 0) is 65.9 Å². The molecule has 10 heteroatoms. The van der Waals surface area contributed by atoms with Gasteiger partial charge in [0.15, 0.2) is 0 Å². The molecular weight excluding hydrogens is 484 g/mol. The molecule has 0 aliphatic carbocycles. The van der Waals surface area contributed by atoms with Crippen LogP contribution in [0.5, 0.6) is 0 Å². The van der Waals surface area contributed by atoms with Crippen molar-refractivity contribution in [3.63, 3.8) is 0 Å². The molecule has 0 amide bonds. The van der Waals surface area contributed by atoms with Crippen LogP contribution >= 0.6 is 0 Å². The van der Waals surface area contributed by atoms with Gasteiger partial charge in [-0.15, -0.1) is 0 Å². The number of nitrogens with zero attached hydrogens (tertiary/aromatic N) is 2. The molecule has 1 saturated heterocycles. The van der Waals surface area contributed by atoms with Gasteiger partial charge in [-0.3, -0.25) is 5.41 Å². The largest absolute Gasteiger partial charge is 0.384 e. The van der Waals surface area contributed by atoms with E-state index in [1.165, 1.54) is 14.9 Å². The first-order valence-corrected chi connectivity index (χ1v) is 14.6. The summed E-state index contributed by atoms with van der Waals surface area (Å²) >= 11 is 0. The Hall–Kier alpha value is -2.79. The first kappa shape index (κ1) is 25.3. The molecule has 186 valence electrons. The molecule has 0 unspecified atom stereocenters. The third-order valence-electron chi connectivity index (χ3n) is 6.44. The van der Waals surface area contributed by atoms with Crippen molar-refractivity contribution < 1.29 is 16.8 Å². The Morgan fingerprint density at radius 2 is 1.69 bits per heavy atom. The Balaban J connectivity index is 1.53. The number of amidine groups is 1. The number of hydrogen-bond acceptors (Lipinski definition) is 5. The van der Waals surface area contributed by atoms with Crippen LogP contribution in [-0.4, -0.2) is 56.7 Å². The van der Waals surface area contributed by atoms with Crippen molar-refractivity contribution in [2.45, 2.75) is 37.2 Å². The van der Waals surface area contributed by atoms with E-state index in [1.54, 1.807) is 24.3 Å². The number of benzene rings is 3. The second-order valence-electron chi connectivity index (χ2n) is 9.07. The second-order valence-corrected chi connectivity index (χ2v) is 12.9. The first-order valence-electron chi connectivity index (χ1n) is 11.4. The molecule has 0 spiro atoms. The van der Waals surface area contributed by atoms with Crippen molar-refractivity contribution in [1.82, 2.24) is 8.61 Å². The number of aryl methyl sites for hydroxylation is 1. The number of nitrogen functional groups attached to an aromatic ring is 1. The van der Waals surface area contributed by atoms with Crippen molar-refractivity contribution in [3.05, 3.63) is 77.4 Å². The Morgan fingerprint density at radius 1 is 1.00 bits per heavy atom. The normalized spacial score (nSPS) is 16.1. The highest BCUT2D eigenvalue weighted by Gasteiger charge is 2.34. The summed E-state index contributed by atoms with van der Waals surface area (Å²) in [5.41, 5.74) is 7.91. The Kier molecular flexibility index (Phi) is 7.01. The molecule has 3 aromatic carbocycles. The number of sulfonamides is 2. The summed E-state index contributed by atoms with van der Waals surface area (Å²) in [5.74, 6) is -0.0255. The predicted octanol–water partition coefficient (Wildman–Crippen LogP) is 3.05. The van der Waals surface area contributed by atoms with Crippen LogP contribution in [0, 0.1) is 12.3 Å². The molecule has 1 aliphatic rings. The zero-order valence-corrected chi connectivity index (χ0v) is 21.4. The molecule has 8 nitrogen and oxygen atoms in total. The van der Waals surface area contributed by atoms with E-state index >= 15 is 0 Å². The fraction of sp³-hybridized carbons (Fsp3) is 0.320. The highest BCUT2D eigenvalue weighted by atomic mass is 32.2. The minimum Gasteiger partial charge on any atom is -0.384 e. The van der Waals surface area contributed by atoms with Gasteiger partial charge in [0.1, 0.15) is 5.84 Å². The summed E-state index contributed by atoms with van der Waals surface area (Å²) < 4.78 is 54.5. The SMILES string of the molecule is Cc1cccc(S(=O)(=O)N2CCC(N(Cc3ccc4ccc(C(=N)N)cc4c3)S(C)(=O)=O)CC2)c1. The molecule has 0 radical (unpaired) electrons. The fourth-order valence-corrected chi connectivity index (χ4v) is 7.27. The van der Waals surface area contributed by atoms with Gasteiger partial charge in [-0.25, -0.2) is 16.8 Å². The van der Waals surface area contributed by atoms with Crippen molar-refractivity contribution in [3.8, 4) is 0 Å². The van der Waals surface area contributed by atoms with Gasteiger partial charge in [-0.1, -0.05) is 36.4 Å². The monoisotopic (exact) mass is 514 g/mol. The van der Waals surface area contributed by atoms with E-state index in [0.717, 1.165) is 21.9 Å². The quantitative estimate of drug-likeness (QED) is 0.370. The molecule has 0 saturated carbocycles. The third-order valence-corrected chi connectivity index (χ3v) is 9.61. The lowest BCUT2D eigenvalue weighted by Crippen LogP contribution is -2.48. The number of hydrogen-bond donors (Lipinski definition) is 2. The van der Waals surface area contributed by atoms with E-state index < -0.39 is 20.0 Å². The van der Waals surface area contributed by atoms with Crippen LogP contribution in [0.4, 0.5) is 0 Å². The number of fused-ring (bicyclic) bond motifs is 1. The maximum atomic E-state index is 13.1. The molecule has 3 N–H and O–H groups in total. The van der Waals surface area contributed by atoms with Gasteiger partial charge >= 0.3 is 0 Å². The number of nitrogens with two attached hydrogens (primary N) is 1. The van der Waals surface area contributed by atoms with Gasteiger partial charge in [0, 0.05) is 31.2 Å². The molecule has 1 aliphatic heterocycles. The molecular formula is C25H30N4O4S2. The minimum absolute atomic E-state index is 0.0255. The smallest absolute Gasteiger partial charge is 0.243 e. The predicted molar refractivity (Wildman–Crippen MR) is 138 cm³/mol. The van der Waals surface area contributed by atoms with E-state index in [2.05, 4.69) is 0 Å². The highest BCUT2D eigenvalue weighted by molar-refractivity contribution is 7.89. The summed E-state index contributed by atoms with van der Waals surface area (Å²) in [6.07, 6.45) is 2.03. The summed E-state index contributed by atoms with van der Waals surface area (Å²) in [7, 11) is -7.16. The zero-order chi connectivity index (χ0) is 25.4. The summed E-state index contributed by atoms with van der Waals surface area (Å²) in [4.78, 5) is 0.261. The molecule has 35 heavy (non-hydrogen) atoms. The van der Waals surface area contributed by atoms with Crippen molar-refractivity contribution in [2.24, 2.45) is 5.73 Å². The Labute approximate surface area is 207 Å². The standard InChI is InChI=1S/C25H30N4O4S2/c1-18-4-3-5-24(14-18)35(32,33)28-12-10-23(11-13-28)29(34(2,30)31)17-19-6-7-20-8-9-21(25(26)27)16-22(20)15-19/h3-9,14-16,23H,10-13,17H2,1-2H3,(H3,26,27). The summed E-state index contributed by atoms with van der Waals surface area (Å²) in [6.45, 7) is 2.55. The fourth-order valence-electron chi connectivity index (χ4n) is 4.55. The van der Waals surface area contributed by atoms with Crippen LogP contribution < -0.4 is 5.73 Å². The van der Waals surface area contributed by atoms with Gasteiger partial charge < -0.3 is 5.73 Å². The van der Waals surface area contributed by atoms with E-state index in [0.29, 0.717) is 18.4 Å². The Morgan fingerprint density at radius 3 is 2.31 bits per heavy atom. The third kappa shape index (κ3) is 5.56. The van der Waals surface area contributed by atoms with E-state index in [1.807, 2.05) is 43.3 Å². The van der Waals surface area contributed by atoms with Crippen LogP contribution in [0.15, 0.2) is 65.6 Å².